The van der Waals surface area contributed by atoms with Gasteiger partial charge in [0.15, 0.2) is 0 Å². The SMILES string of the molecule is CC(=O)NC(=O)C(C)(c1ccccc1)c1cc(C)cc(C)c1. The number of rotatable bonds is 3. The number of nitrogens with one attached hydrogen (secondary N) is 1. The third-order valence-corrected chi connectivity index (χ3v) is 3.89. The van der Waals surface area contributed by atoms with E-state index in [1.807, 2.05) is 63.2 Å². The zero-order chi connectivity index (χ0) is 16.3. The Hall–Kier alpha value is -2.42. The van der Waals surface area contributed by atoms with E-state index in [0.717, 1.165) is 22.3 Å². The second kappa shape index (κ2) is 6.14. The van der Waals surface area contributed by atoms with Gasteiger partial charge in [-0.1, -0.05) is 59.7 Å². The predicted molar refractivity (Wildman–Crippen MR) is 87.6 cm³/mol. The molecule has 0 heterocycles. The molecule has 0 fully saturated rings. The molecule has 0 aliphatic rings. The van der Waals surface area contributed by atoms with Crippen LogP contribution in [0.5, 0.6) is 0 Å². The smallest absolute Gasteiger partial charge is 0.241 e. The fourth-order valence-corrected chi connectivity index (χ4v) is 2.75. The fourth-order valence-electron chi connectivity index (χ4n) is 2.75. The van der Waals surface area contributed by atoms with Crippen molar-refractivity contribution >= 4 is 11.8 Å². The zero-order valence-corrected chi connectivity index (χ0v) is 13.4. The number of carbonyl (C=O) groups is 2. The Morgan fingerprint density at radius 3 is 1.95 bits per heavy atom. The van der Waals surface area contributed by atoms with Crippen LogP contribution in [-0.4, -0.2) is 11.8 Å². The molecule has 0 spiro atoms. The minimum absolute atomic E-state index is 0.309. The number of aryl methyl sites for hydroxylation is 2. The summed E-state index contributed by atoms with van der Waals surface area (Å²) in [6.07, 6.45) is 0. The van der Waals surface area contributed by atoms with Gasteiger partial charge in [0.05, 0.1) is 5.41 Å². The molecular formula is C19H21NO2. The molecule has 1 atom stereocenters. The summed E-state index contributed by atoms with van der Waals surface area (Å²) >= 11 is 0. The summed E-state index contributed by atoms with van der Waals surface area (Å²) in [5.41, 5.74) is 3.01. The van der Waals surface area contributed by atoms with E-state index in [1.54, 1.807) is 0 Å². The van der Waals surface area contributed by atoms with Gasteiger partial charge in [-0.3, -0.25) is 14.9 Å². The third kappa shape index (κ3) is 3.08. The van der Waals surface area contributed by atoms with Crippen molar-refractivity contribution < 1.29 is 9.59 Å². The molecule has 22 heavy (non-hydrogen) atoms. The summed E-state index contributed by atoms with van der Waals surface area (Å²) < 4.78 is 0. The highest BCUT2D eigenvalue weighted by atomic mass is 16.2. The molecule has 2 rings (SSSR count). The molecule has 2 amide bonds. The summed E-state index contributed by atoms with van der Waals surface area (Å²) in [6, 6.07) is 15.6. The molecule has 0 saturated carbocycles. The lowest BCUT2D eigenvalue weighted by molar-refractivity contribution is -0.131. The molecule has 0 aromatic heterocycles. The minimum atomic E-state index is -0.913. The lowest BCUT2D eigenvalue weighted by Gasteiger charge is -2.29. The Balaban J connectivity index is 2.64. The average Bonchev–Trinajstić information content (AvgIpc) is 2.45. The van der Waals surface area contributed by atoms with E-state index in [4.69, 9.17) is 0 Å². The molecule has 2 aromatic rings. The van der Waals surface area contributed by atoms with Crippen LogP contribution in [0, 0.1) is 13.8 Å². The molecule has 2 aromatic carbocycles. The topological polar surface area (TPSA) is 46.2 Å². The van der Waals surface area contributed by atoms with Crippen LogP contribution in [0.2, 0.25) is 0 Å². The molecular weight excluding hydrogens is 274 g/mol. The lowest BCUT2D eigenvalue weighted by atomic mass is 9.74. The highest BCUT2D eigenvalue weighted by molar-refractivity contribution is 6.01. The van der Waals surface area contributed by atoms with Crippen LogP contribution in [0.3, 0.4) is 0 Å². The molecule has 1 unspecified atom stereocenters. The van der Waals surface area contributed by atoms with Gasteiger partial charge in [0.2, 0.25) is 11.8 Å². The van der Waals surface area contributed by atoms with E-state index in [-0.39, 0.29) is 11.8 Å². The second-order valence-corrected chi connectivity index (χ2v) is 5.88. The van der Waals surface area contributed by atoms with Crippen molar-refractivity contribution in [1.82, 2.24) is 5.32 Å². The molecule has 0 aliphatic carbocycles. The molecule has 3 nitrogen and oxygen atoms in total. The Kier molecular flexibility index (Phi) is 4.45. The van der Waals surface area contributed by atoms with Crippen LogP contribution in [0.4, 0.5) is 0 Å². The van der Waals surface area contributed by atoms with Gasteiger partial charge in [-0.15, -0.1) is 0 Å². The first-order valence-corrected chi connectivity index (χ1v) is 7.30. The predicted octanol–water partition coefficient (Wildman–Crippen LogP) is 3.27. The minimum Gasteiger partial charge on any atom is -0.296 e. The largest absolute Gasteiger partial charge is 0.296 e. The van der Waals surface area contributed by atoms with Gasteiger partial charge in [0, 0.05) is 6.92 Å². The number of benzene rings is 2. The van der Waals surface area contributed by atoms with Gasteiger partial charge in [-0.25, -0.2) is 0 Å². The van der Waals surface area contributed by atoms with E-state index >= 15 is 0 Å². The highest BCUT2D eigenvalue weighted by Gasteiger charge is 2.37. The normalized spacial score (nSPS) is 13.3. The summed E-state index contributed by atoms with van der Waals surface area (Å²) in [5.74, 6) is -0.660. The van der Waals surface area contributed by atoms with Gasteiger partial charge in [-0.2, -0.15) is 0 Å². The lowest BCUT2D eigenvalue weighted by Crippen LogP contribution is -2.45. The maximum absolute atomic E-state index is 12.8. The zero-order valence-electron chi connectivity index (χ0n) is 13.4. The van der Waals surface area contributed by atoms with Crippen LogP contribution in [0.1, 0.15) is 36.1 Å². The molecule has 114 valence electrons. The number of amides is 2. The molecule has 0 bridgehead atoms. The highest BCUT2D eigenvalue weighted by Crippen LogP contribution is 2.33. The van der Waals surface area contributed by atoms with Crippen molar-refractivity contribution in [2.45, 2.75) is 33.1 Å². The Labute approximate surface area is 131 Å². The van der Waals surface area contributed by atoms with E-state index in [1.165, 1.54) is 6.92 Å². The Morgan fingerprint density at radius 2 is 1.45 bits per heavy atom. The van der Waals surface area contributed by atoms with E-state index < -0.39 is 5.41 Å². The molecule has 3 heteroatoms. The number of hydrogen-bond acceptors (Lipinski definition) is 2. The quantitative estimate of drug-likeness (QED) is 0.944. The standard InChI is InChI=1S/C19H21NO2/c1-13-10-14(2)12-17(11-13)19(4,18(22)20-15(3)21)16-8-6-5-7-9-16/h5-12H,1-4H3,(H,20,21,22). The molecule has 0 radical (unpaired) electrons. The van der Waals surface area contributed by atoms with Crippen LogP contribution >= 0.6 is 0 Å². The van der Waals surface area contributed by atoms with Gasteiger partial charge in [-0.05, 0) is 31.9 Å². The van der Waals surface area contributed by atoms with Crippen molar-refractivity contribution in [3.63, 3.8) is 0 Å². The molecule has 1 N–H and O–H groups in total. The first-order valence-electron chi connectivity index (χ1n) is 7.30. The monoisotopic (exact) mass is 295 g/mol. The van der Waals surface area contributed by atoms with Gasteiger partial charge < -0.3 is 0 Å². The maximum atomic E-state index is 12.8. The molecule has 0 saturated heterocycles. The van der Waals surface area contributed by atoms with Crippen molar-refractivity contribution in [3.05, 3.63) is 70.8 Å². The Bertz CT molecular complexity index is 686. The number of hydrogen-bond donors (Lipinski definition) is 1. The van der Waals surface area contributed by atoms with Crippen LogP contribution in [0.25, 0.3) is 0 Å². The van der Waals surface area contributed by atoms with E-state index in [2.05, 4.69) is 11.4 Å². The first-order chi connectivity index (χ1) is 10.3. The first kappa shape index (κ1) is 16.0. The average molecular weight is 295 g/mol. The van der Waals surface area contributed by atoms with Crippen molar-refractivity contribution in [3.8, 4) is 0 Å². The van der Waals surface area contributed by atoms with Crippen LogP contribution < -0.4 is 5.32 Å². The second-order valence-electron chi connectivity index (χ2n) is 5.88. The summed E-state index contributed by atoms with van der Waals surface area (Å²) in [4.78, 5) is 24.1. The van der Waals surface area contributed by atoms with E-state index in [0.29, 0.717) is 0 Å². The summed E-state index contributed by atoms with van der Waals surface area (Å²) in [5, 5.41) is 2.44. The number of carbonyl (C=O) groups excluding carboxylic acids is 2. The van der Waals surface area contributed by atoms with Crippen molar-refractivity contribution in [2.75, 3.05) is 0 Å². The van der Waals surface area contributed by atoms with Crippen molar-refractivity contribution in [1.29, 1.82) is 0 Å². The van der Waals surface area contributed by atoms with E-state index in [9.17, 15) is 9.59 Å². The van der Waals surface area contributed by atoms with Gasteiger partial charge in [0.25, 0.3) is 0 Å². The van der Waals surface area contributed by atoms with Crippen LogP contribution in [0.15, 0.2) is 48.5 Å². The van der Waals surface area contributed by atoms with Gasteiger partial charge >= 0.3 is 0 Å². The van der Waals surface area contributed by atoms with Crippen LogP contribution in [-0.2, 0) is 15.0 Å². The molecule has 0 aliphatic heterocycles. The fraction of sp³-hybridized carbons (Fsp3) is 0.263. The third-order valence-electron chi connectivity index (χ3n) is 3.89. The summed E-state index contributed by atoms with van der Waals surface area (Å²) in [6.45, 7) is 7.22. The number of imide groups is 1. The Morgan fingerprint density at radius 1 is 0.909 bits per heavy atom. The van der Waals surface area contributed by atoms with Crippen molar-refractivity contribution in [2.24, 2.45) is 0 Å². The maximum Gasteiger partial charge on any atom is 0.241 e. The van der Waals surface area contributed by atoms with Gasteiger partial charge in [0.1, 0.15) is 0 Å². The summed E-state index contributed by atoms with van der Waals surface area (Å²) in [7, 11) is 0.